The summed E-state index contributed by atoms with van der Waals surface area (Å²) in [5.74, 6) is 0.151. The van der Waals surface area contributed by atoms with Crippen molar-refractivity contribution in [1.82, 2.24) is 10.6 Å². The normalized spacial score (nSPS) is 19.4. The summed E-state index contributed by atoms with van der Waals surface area (Å²) < 4.78 is 0. The first kappa shape index (κ1) is 20.5. The topological polar surface area (TPSA) is 84.2 Å². The molecule has 4 N–H and O–H groups in total. The lowest BCUT2D eigenvalue weighted by Gasteiger charge is -2.19. The highest BCUT2D eigenvalue weighted by Crippen LogP contribution is 2.24. The van der Waals surface area contributed by atoms with Gasteiger partial charge in [-0.3, -0.25) is 9.59 Å². The molecule has 134 valence electrons. The number of halogens is 1. The highest BCUT2D eigenvalue weighted by molar-refractivity contribution is 5.85. The molecule has 1 aliphatic carbocycles. The zero-order valence-corrected chi connectivity index (χ0v) is 15.0. The first-order valence-electron chi connectivity index (χ1n) is 8.40. The van der Waals surface area contributed by atoms with E-state index in [4.69, 9.17) is 5.73 Å². The molecule has 0 saturated heterocycles. The molecule has 0 spiro atoms. The molecule has 1 aromatic carbocycles. The van der Waals surface area contributed by atoms with Gasteiger partial charge < -0.3 is 16.4 Å². The highest BCUT2D eigenvalue weighted by atomic mass is 35.5. The van der Waals surface area contributed by atoms with Gasteiger partial charge >= 0.3 is 0 Å². The van der Waals surface area contributed by atoms with Crippen LogP contribution in [-0.4, -0.2) is 30.9 Å². The second kappa shape index (κ2) is 10.3. The SMILES string of the molecule is Cc1ccc(CCC(=O)NCC(=O)NC2CCCC2CN)cc1.Cl. The van der Waals surface area contributed by atoms with Crippen molar-refractivity contribution in [2.24, 2.45) is 11.7 Å². The van der Waals surface area contributed by atoms with Crippen LogP contribution in [-0.2, 0) is 16.0 Å². The third kappa shape index (κ3) is 6.49. The van der Waals surface area contributed by atoms with Crippen molar-refractivity contribution in [2.75, 3.05) is 13.1 Å². The molecule has 6 heteroatoms. The third-order valence-electron chi connectivity index (χ3n) is 4.52. The van der Waals surface area contributed by atoms with Crippen LogP contribution in [0.3, 0.4) is 0 Å². The van der Waals surface area contributed by atoms with Crippen LogP contribution in [0.25, 0.3) is 0 Å². The number of nitrogens with one attached hydrogen (secondary N) is 2. The van der Waals surface area contributed by atoms with Crippen LogP contribution in [0.1, 0.15) is 36.8 Å². The van der Waals surface area contributed by atoms with Crippen molar-refractivity contribution in [3.8, 4) is 0 Å². The van der Waals surface area contributed by atoms with Crippen molar-refractivity contribution < 1.29 is 9.59 Å². The van der Waals surface area contributed by atoms with E-state index < -0.39 is 0 Å². The lowest BCUT2D eigenvalue weighted by atomic mass is 10.0. The molecule has 0 aromatic heterocycles. The summed E-state index contributed by atoms with van der Waals surface area (Å²) in [5.41, 5.74) is 8.04. The van der Waals surface area contributed by atoms with Crippen LogP contribution in [0.4, 0.5) is 0 Å². The number of hydrogen-bond acceptors (Lipinski definition) is 3. The van der Waals surface area contributed by atoms with Crippen LogP contribution in [0.2, 0.25) is 0 Å². The first-order valence-corrected chi connectivity index (χ1v) is 8.40. The van der Waals surface area contributed by atoms with Gasteiger partial charge in [0, 0.05) is 12.5 Å². The quantitative estimate of drug-likeness (QED) is 0.697. The molecule has 2 amide bonds. The van der Waals surface area contributed by atoms with E-state index in [9.17, 15) is 9.59 Å². The standard InChI is InChI=1S/C18H27N3O2.ClH/c1-13-5-7-14(8-6-13)9-10-17(22)20-12-18(23)21-16-4-2-3-15(16)11-19;/h5-8,15-16H,2-4,9-12,19H2,1H3,(H,20,22)(H,21,23);1H. The van der Waals surface area contributed by atoms with Gasteiger partial charge in [0.05, 0.1) is 6.54 Å². The van der Waals surface area contributed by atoms with Crippen LogP contribution < -0.4 is 16.4 Å². The predicted molar refractivity (Wildman–Crippen MR) is 98.1 cm³/mol. The summed E-state index contributed by atoms with van der Waals surface area (Å²) in [6.07, 6.45) is 4.24. The smallest absolute Gasteiger partial charge is 0.239 e. The van der Waals surface area contributed by atoms with Gasteiger partial charge in [-0.2, -0.15) is 0 Å². The molecule has 1 aliphatic rings. The minimum absolute atomic E-state index is 0. The van der Waals surface area contributed by atoms with Gasteiger partial charge in [-0.05, 0) is 44.2 Å². The van der Waals surface area contributed by atoms with Crippen molar-refractivity contribution >= 4 is 24.2 Å². The second-order valence-electron chi connectivity index (χ2n) is 6.36. The number of carbonyl (C=O) groups is 2. The number of nitrogens with two attached hydrogens (primary N) is 1. The number of rotatable bonds is 7. The Bertz CT molecular complexity index is 534. The van der Waals surface area contributed by atoms with Gasteiger partial charge in [0.25, 0.3) is 0 Å². The van der Waals surface area contributed by atoms with E-state index in [0.29, 0.717) is 25.3 Å². The minimum atomic E-state index is -0.126. The Hall–Kier alpha value is -1.59. The Morgan fingerprint density at radius 2 is 1.88 bits per heavy atom. The van der Waals surface area contributed by atoms with Gasteiger partial charge in [-0.25, -0.2) is 0 Å². The molecular formula is C18H28ClN3O2. The fourth-order valence-electron chi connectivity index (χ4n) is 3.05. The van der Waals surface area contributed by atoms with Gasteiger partial charge in [-0.15, -0.1) is 12.4 Å². The zero-order valence-electron chi connectivity index (χ0n) is 14.2. The number of carbonyl (C=O) groups excluding carboxylic acids is 2. The van der Waals surface area contributed by atoms with Crippen molar-refractivity contribution in [1.29, 1.82) is 0 Å². The number of amides is 2. The van der Waals surface area contributed by atoms with Crippen molar-refractivity contribution in [3.63, 3.8) is 0 Å². The zero-order chi connectivity index (χ0) is 16.7. The number of aryl methyl sites for hydroxylation is 2. The Kier molecular flexibility index (Phi) is 8.79. The molecule has 2 rings (SSSR count). The van der Waals surface area contributed by atoms with Gasteiger partial charge in [-0.1, -0.05) is 36.2 Å². The van der Waals surface area contributed by atoms with Crippen LogP contribution >= 0.6 is 12.4 Å². The molecule has 24 heavy (non-hydrogen) atoms. The Balaban J connectivity index is 0.00000288. The molecule has 0 heterocycles. The molecule has 0 aliphatic heterocycles. The number of hydrogen-bond donors (Lipinski definition) is 3. The summed E-state index contributed by atoms with van der Waals surface area (Å²) in [5, 5.41) is 5.67. The largest absolute Gasteiger partial charge is 0.352 e. The molecule has 2 unspecified atom stereocenters. The second-order valence-corrected chi connectivity index (χ2v) is 6.36. The van der Waals surface area contributed by atoms with Crippen LogP contribution in [0.5, 0.6) is 0 Å². The Morgan fingerprint density at radius 1 is 1.17 bits per heavy atom. The van der Waals surface area contributed by atoms with E-state index >= 15 is 0 Å². The lowest BCUT2D eigenvalue weighted by molar-refractivity contribution is -0.126. The third-order valence-corrected chi connectivity index (χ3v) is 4.52. The van der Waals surface area contributed by atoms with Crippen LogP contribution in [0, 0.1) is 12.8 Å². The van der Waals surface area contributed by atoms with Gasteiger partial charge in [0.2, 0.25) is 11.8 Å². The van der Waals surface area contributed by atoms with Crippen LogP contribution in [0.15, 0.2) is 24.3 Å². The van der Waals surface area contributed by atoms with E-state index in [0.717, 1.165) is 24.8 Å². The molecule has 0 bridgehead atoms. The maximum Gasteiger partial charge on any atom is 0.239 e. The van der Waals surface area contributed by atoms with Crippen molar-refractivity contribution in [2.45, 2.75) is 45.1 Å². The van der Waals surface area contributed by atoms with Crippen molar-refractivity contribution in [3.05, 3.63) is 35.4 Å². The summed E-state index contributed by atoms with van der Waals surface area (Å²) in [6.45, 7) is 2.68. The summed E-state index contributed by atoms with van der Waals surface area (Å²) >= 11 is 0. The molecular weight excluding hydrogens is 326 g/mol. The summed E-state index contributed by atoms with van der Waals surface area (Å²) in [7, 11) is 0. The maximum atomic E-state index is 11.9. The summed E-state index contributed by atoms with van der Waals surface area (Å²) in [4.78, 5) is 23.7. The fraction of sp³-hybridized carbons (Fsp3) is 0.556. The Labute approximate surface area is 150 Å². The van der Waals surface area contributed by atoms with Gasteiger partial charge in [0.1, 0.15) is 0 Å². The molecule has 1 saturated carbocycles. The highest BCUT2D eigenvalue weighted by Gasteiger charge is 2.27. The van der Waals surface area contributed by atoms with E-state index in [2.05, 4.69) is 10.6 Å². The molecule has 1 aromatic rings. The molecule has 5 nitrogen and oxygen atoms in total. The van der Waals surface area contributed by atoms with Gasteiger partial charge in [0.15, 0.2) is 0 Å². The van der Waals surface area contributed by atoms with E-state index in [1.807, 2.05) is 31.2 Å². The maximum absolute atomic E-state index is 11.9. The minimum Gasteiger partial charge on any atom is -0.352 e. The number of benzene rings is 1. The van der Waals surface area contributed by atoms with E-state index in [-0.39, 0.29) is 36.8 Å². The average Bonchev–Trinajstić information content (AvgIpc) is 2.99. The summed E-state index contributed by atoms with van der Waals surface area (Å²) in [6, 6.07) is 8.30. The Morgan fingerprint density at radius 3 is 2.54 bits per heavy atom. The monoisotopic (exact) mass is 353 g/mol. The van der Waals surface area contributed by atoms with E-state index in [1.165, 1.54) is 5.56 Å². The molecule has 2 atom stereocenters. The average molecular weight is 354 g/mol. The molecule has 1 fully saturated rings. The predicted octanol–water partition coefficient (Wildman–Crippen LogP) is 1.71. The fourth-order valence-corrected chi connectivity index (χ4v) is 3.05. The lowest BCUT2D eigenvalue weighted by Crippen LogP contribution is -2.44. The van der Waals surface area contributed by atoms with E-state index in [1.54, 1.807) is 0 Å². The molecule has 0 radical (unpaired) electrons. The first-order chi connectivity index (χ1) is 11.1.